The molecule has 8 heteroatoms. The zero-order valence-corrected chi connectivity index (χ0v) is 17.9. The molecule has 4 N–H and O–H groups in total. The molecule has 29 heavy (non-hydrogen) atoms. The summed E-state index contributed by atoms with van der Waals surface area (Å²) in [5, 5.41) is 12.7. The summed E-state index contributed by atoms with van der Waals surface area (Å²) in [6, 6.07) is 11.3. The number of nitrogens with zero attached hydrogens (tertiary/aromatic N) is 2. The number of hydrogen-bond donors (Lipinski definition) is 4. The Kier molecular flexibility index (Phi) is 9.24. The van der Waals surface area contributed by atoms with E-state index in [-0.39, 0.29) is 12.1 Å². The lowest BCUT2D eigenvalue weighted by Crippen LogP contribution is -2.38. The first-order valence-corrected chi connectivity index (χ1v) is 10.1. The molecule has 0 saturated heterocycles. The number of urea groups is 1. The highest BCUT2D eigenvalue weighted by molar-refractivity contribution is 6.29. The van der Waals surface area contributed by atoms with Gasteiger partial charge in [-0.1, -0.05) is 29.8 Å². The van der Waals surface area contributed by atoms with Crippen molar-refractivity contribution in [3.05, 3.63) is 58.9 Å². The lowest BCUT2D eigenvalue weighted by atomic mass is 10.2. The Morgan fingerprint density at radius 3 is 2.45 bits per heavy atom. The van der Waals surface area contributed by atoms with Crippen molar-refractivity contribution in [2.24, 2.45) is 4.99 Å². The van der Waals surface area contributed by atoms with Gasteiger partial charge in [-0.15, -0.1) is 0 Å². The highest BCUT2D eigenvalue weighted by atomic mass is 35.5. The Hall–Kier alpha value is -2.80. The Labute approximate surface area is 177 Å². The molecule has 0 radical (unpaired) electrons. The number of pyridine rings is 1. The number of carbonyl (C=O) groups excluding carboxylic acids is 1. The molecule has 1 aromatic carbocycles. The number of halogens is 1. The van der Waals surface area contributed by atoms with Crippen LogP contribution in [0.5, 0.6) is 0 Å². The molecule has 0 unspecified atom stereocenters. The summed E-state index contributed by atoms with van der Waals surface area (Å²) in [5.41, 5.74) is 2.92. The van der Waals surface area contributed by atoms with Gasteiger partial charge in [0.15, 0.2) is 5.96 Å². The summed E-state index contributed by atoms with van der Waals surface area (Å²) in [6.45, 7) is 7.93. The molecule has 0 atom stereocenters. The first kappa shape index (κ1) is 22.5. The lowest BCUT2D eigenvalue weighted by molar-refractivity contribution is 0.250. The van der Waals surface area contributed by atoms with Gasteiger partial charge in [-0.05, 0) is 56.5 Å². The third kappa shape index (κ3) is 8.83. The predicted molar refractivity (Wildman–Crippen MR) is 120 cm³/mol. The number of hydrogen-bond acceptors (Lipinski definition) is 3. The SMILES string of the molecule is CCNC(=NCc1ccc(NC(=O)NC(C)C)cc1)NCCc1ccc(Cl)nc1. The van der Waals surface area contributed by atoms with E-state index in [4.69, 9.17) is 11.6 Å². The molecule has 2 rings (SSSR count). The molecule has 0 saturated carbocycles. The van der Waals surface area contributed by atoms with E-state index in [1.165, 1.54) is 0 Å². The van der Waals surface area contributed by atoms with Crippen LogP contribution in [-0.4, -0.2) is 36.1 Å². The predicted octanol–water partition coefficient (Wildman–Crippen LogP) is 3.56. The van der Waals surface area contributed by atoms with Gasteiger partial charge in [-0.2, -0.15) is 0 Å². The summed E-state index contributed by atoms with van der Waals surface area (Å²) in [4.78, 5) is 20.4. The average Bonchev–Trinajstić information content (AvgIpc) is 2.68. The minimum Gasteiger partial charge on any atom is -0.357 e. The number of benzene rings is 1. The van der Waals surface area contributed by atoms with Crippen molar-refractivity contribution in [2.45, 2.75) is 39.8 Å². The molecule has 1 heterocycles. The monoisotopic (exact) mass is 416 g/mol. The number of nitrogens with one attached hydrogen (secondary N) is 4. The highest BCUT2D eigenvalue weighted by Crippen LogP contribution is 2.10. The Balaban J connectivity index is 1.85. The summed E-state index contributed by atoms with van der Waals surface area (Å²) in [7, 11) is 0. The Morgan fingerprint density at radius 2 is 1.83 bits per heavy atom. The number of aromatic nitrogens is 1. The largest absolute Gasteiger partial charge is 0.357 e. The van der Waals surface area contributed by atoms with Crippen LogP contribution in [-0.2, 0) is 13.0 Å². The molecular formula is C21H29ClN6O. The molecule has 0 aliphatic heterocycles. The van der Waals surface area contributed by atoms with Gasteiger partial charge >= 0.3 is 6.03 Å². The van der Waals surface area contributed by atoms with Crippen molar-refractivity contribution in [1.82, 2.24) is 20.9 Å². The van der Waals surface area contributed by atoms with Gasteiger partial charge in [-0.3, -0.25) is 0 Å². The van der Waals surface area contributed by atoms with Gasteiger partial charge in [0.05, 0.1) is 6.54 Å². The molecule has 1 aromatic heterocycles. The number of rotatable bonds is 8. The maximum absolute atomic E-state index is 11.7. The van der Waals surface area contributed by atoms with Crippen molar-refractivity contribution in [1.29, 1.82) is 0 Å². The van der Waals surface area contributed by atoms with Gasteiger partial charge in [0.2, 0.25) is 0 Å². The molecule has 156 valence electrons. The maximum Gasteiger partial charge on any atom is 0.319 e. The van der Waals surface area contributed by atoms with Crippen LogP contribution < -0.4 is 21.3 Å². The maximum atomic E-state index is 11.7. The molecule has 0 fully saturated rings. The zero-order chi connectivity index (χ0) is 21.1. The van der Waals surface area contributed by atoms with E-state index in [9.17, 15) is 4.79 Å². The normalized spacial score (nSPS) is 11.3. The van der Waals surface area contributed by atoms with Crippen molar-refractivity contribution >= 4 is 29.3 Å². The van der Waals surface area contributed by atoms with Crippen LogP contribution in [0.3, 0.4) is 0 Å². The summed E-state index contributed by atoms with van der Waals surface area (Å²) in [5.74, 6) is 0.757. The van der Waals surface area contributed by atoms with Crippen LogP contribution >= 0.6 is 11.6 Å². The molecule has 2 amide bonds. The van der Waals surface area contributed by atoms with E-state index >= 15 is 0 Å². The smallest absolute Gasteiger partial charge is 0.319 e. The van der Waals surface area contributed by atoms with E-state index in [2.05, 4.69) is 31.2 Å². The van der Waals surface area contributed by atoms with Crippen LogP contribution in [0.1, 0.15) is 31.9 Å². The number of guanidine groups is 1. The summed E-state index contributed by atoms with van der Waals surface area (Å²) < 4.78 is 0. The number of anilines is 1. The molecule has 0 bridgehead atoms. The van der Waals surface area contributed by atoms with Crippen molar-refractivity contribution < 1.29 is 4.79 Å². The topological polar surface area (TPSA) is 90.4 Å². The van der Waals surface area contributed by atoms with Gasteiger partial charge in [0.25, 0.3) is 0 Å². The fourth-order valence-corrected chi connectivity index (χ4v) is 2.63. The van der Waals surface area contributed by atoms with Crippen LogP contribution in [0.4, 0.5) is 10.5 Å². The standard InChI is InChI=1S/C21H29ClN6O/c1-4-23-20(24-12-11-17-7-10-19(22)25-13-17)26-14-16-5-8-18(9-6-16)28-21(29)27-15(2)3/h5-10,13,15H,4,11-12,14H2,1-3H3,(H2,23,24,26)(H2,27,28,29). The minimum absolute atomic E-state index is 0.0940. The van der Waals surface area contributed by atoms with E-state index in [0.717, 1.165) is 42.3 Å². The van der Waals surface area contributed by atoms with Crippen molar-refractivity contribution in [2.75, 3.05) is 18.4 Å². The average molecular weight is 417 g/mol. The van der Waals surface area contributed by atoms with Crippen molar-refractivity contribution in [3.8, 4) is 0 Å². The van der Waals surface area contributed by atoms with Gasteiger partial charge in [0, 0.05) is 31.0 Å². The van der Waals surface area contributed by atoms with Crippen LogP contribution in [0.15, 0.2) is 47.6 Å². The van der Waals surface area contributed by atoms with E-state index in [1.807, 2.05) is 51.1 Å². The molecule has 2 aromatic rings. The van der Waals surface area contributed by atoms with Crippen LogP contribution in [0.2, 0.25) is 5.15 Å². The van der Waals surface area contributed by atoms with E-state index in [0.29, 0.717) is 11.7 Å². The zero-order valence-electron chi connectivity index (χ0n) is 17.1. The highest BCUT2D eigenvalue weighted by Gasteiger charge is 2.03. The third-order valence-corrected chi connectivity index (χ3v) is 4.11. The second kappa shape index (κ2) is 11.9. The first-order chi connectivity index (χ1) is 14.0. The minimum atomic E-state index is -0.208. The molecular weight excluding hydrogens is 388 g/mol. The molecule has 0 aliphatic rings. The second-order valence-corrected chi connectivity index (χ2v) is 7.20. The van der Waals surface area contributed by atoms with Crippen molar-refractivity contribution in [3.63, 3.8) is 0 Å². The molecule has 0 aliphatic carbocycles. The van der Waals surface area contributed by atoms with Gasteiger partial charge in [0.1, 0.15) is 5.15 Å². The second-order valence-electron chi connectivity index (χ2n) is 6.81. The number of carbonyl (C=O) groups is 1. The van der Waals surface area contributed by atoms with E-state index in [1.54, 1.807) is 12.3 Å². The Bertz CT molecular complexity index is 790. The first-order valence-electron chi connectivity index (χ1n) is 9.75. The van der Waals surface area contributed by atoms with Gasteiger partial charge < -0.3 is 21.3 Å². The van der Waals surface area contributed by atoms with Crippen LogP contribution in [0, 0.1) is 0 Å². The quantitative estimate of drug-likeness (QED) is 0.301. The fraction of sp³-hybridized carbons (Fsp3) is 0.381. The summed E-state index contributed by atoms with van der Waals surface area (Å²) in [6.07, 6.45) is 2.61. The summed E-state index contributed by atoms with van der Waals surface area (Å²) >= 11 is 5.81. The lowest BCUT2D eigenvalue weighted by Gasteiger charge is -2.12. The third-order valence-electron chi connectivity index (χ3n) is 3.89. The Morgan fingerprint density at radius 1 is 1.10 bits per heavy atom. The number of aliphatic imine (C=N–C) groups is 1. The molecule has 0 spiro atoms. The van der Waals surface area contributed by atoms with Crippen LogP contribution in [0.25, 0.3) is 0 Å². The van der Waals surface area contributed by atoms with Gasteiger partial charge in [-0.25, -0.2) is 14.8 Å². The fourth-order valence-electron chi connectivity index (χ4n) is 2.51. The van der Waals surface area contributed by atoms with E-state index < -0.39 is 0 Å². The molecule has 7 nitrogen and oxygen atoms in total. The number of amides is 2.